The number of carbonyl (C=O) groups excluding carboxylic acids is 2. The van der Waals surface area contributed by atoms with E-state index in [1.165, 1.54) is 12.0 Å². The number of nitrogens with zero attached hydrogens (tertiary/aromatic N) is 2. The van der Waals surface area contributed by atoms with Gasteiger partial charge in [-0.1, -0.05) is 36.7 Å². The number of aryl methyl sites for hydroxylation is 1. The highest BCUT2D eigenvalue weighted by Gasteiger charge is 2.32. The molecule has 8 nitrogen and oxygen atoms in total. The Kier molecular flexibility index (Phi) is 9.76. The second-order valence-corrected chi connectivity index (χ2v) is 10.3. The molecule has 34 heavy (non-hydrogen) atoms. The molecule has 2 aromatic rings. The van der Waals surface area contributed by atoms with Gasteiger partial charge in [-0.25, -0.2) is 8.42 Å². The Hall–Kier alpha value is -2.78. The topological polar surface area (TPSA) is 96.0 Å². The molecule has 1 N–H and O–H groups in total. The predicted molar refractivity (Wildman–Crippen MR) is 135 cm³/mol. The second kappa shape index (κ2) is 12.1. The number of sulfonamides is 1. The Morgan fingerprint density at radius 1 is 1.12 bits per heavy atom. The molecule has 186 valence electrons. The monoisotopic (exact) mass is 509 g/mol. The van der Waals surface area contributed by atoms with Crippen LogP contribution in [0.15, 0.2) is 42.5 Å². The summed E-state index contributed by atoms with van der Waals surface area (Å²) in [4.78, 5) is 27.8. The van der Waals surface area contributed by atoms with Crippen molar-refractivity contribution in [2.24, 2.45) is 0 Å². The van der Waals surface area contributed by atoms with Crippen LogP contribution in [0.25, 0.3) is 0 Å². The van der Waals surface area contributed by atoms with Crippen molar-refractivity contribution in [3.63, 3.8) is 0 Å². The van der Waals surface area contributed by atoms with E-state index in [2.05, 4.69) is 5.32 Å². The van der Waals surface area contributed by atoms with Crippen LogP contribution in [0.3, 0.4) is 0 Å². The predicted octanol–water partition coefficient (Wildman–Crippen LogP) is 3.37. The minimum atomic E-state index is -3.85. The fraction of sp³-hybridized carbons (Fsp3) is 0.417. The summed E-state index contributed by atoms with van der Waals surface area (Å²) in [6.07, 6.45) is 1.39. The van der Waals surface area contributed by atoms with Crippen LogP contribution in [-0.4, -0.2) is 57.6 Å². The first kappa shape index (κ1) is 27.5. The lowest BCUT2D eigenvalue weighted by Crippen LogP contribution is -2.52. The summed E-state index contributed by atoms with van der Waals surface area (Å²) in [5.74, 6) is -0.489. The van der Waals surface area contributed by atoms with Crippen LogP contribution in [0, 0.1) is 6.92 Å². The Balaban J connectivity index is 2.49. The third-order valence-corrected chi connectivity index (χ3v) is 6.66. The summed E-state index contributed by atoms with van der Waals surface area (Å²) in [6, 6.07) is 11.3. The van der Waals surface area contributed by atoms with E-state index >= 15 is 0 Å². The number of halogens is 1. The summed E-state index contributed by atoms with van der Waals surface area (Å²) >= 11 is 5.99. The Morgan fingerprint density at radius 3 is 2.29 bits per heavy atom. The molecule has 2 amide bonds. The van der Waals surface area contributed by atoms with Gasteiger partial charge in [0.05, 0.1) is 19.1 Å². The number of nitrogens with one attached hydrogen (secondary N) is 1. The molecule has 0 fully saturated rings. The van der Waals surface area contributed by atoms with Gasteiger partial charge in [-0.2, -0.15) is 0 Å². The van der Waals surface area contributed by atoms with Crippen molar-refractivity contribution in [3.8, 4) is 5.75 Å². The van der Waals surface area contributed by atoms with Gasteiger partial charge in [0.1, 0.15) is 18.3 Å². The molecular weight excluding hydrogens is 478 g/mol. The third kappa shape index (κ3) is 7.11. The van der Waals surface area contributed by atoms with Gasteiger partial charge in [0.15, 0.2) is 0 Å². The van der Waals surface area contributed by atoms with E-state index in [-0.39, 0.29) is 18.1 Å². The Bertz CT molecular complexity index is 1110. The first-order chi connectivity index (χ1) is 16.0. The number of anilines is 1. The molecule has 0 aliphatic carbocycles. The van der Waals surface area contributed by atoms with Crippen molar-refractivity contribution in [2.45, 2.75) is 39.8 Å². The minimum absolute atomic E-state index is 0.119. The van der Waals surface area contributed by atoms with Crippen LogP contribution >= 0.6 is 11.6 Å². The van der Waals surface area contributed by atoms with E-state index < -0.39 is 28.5 Å². The number of methoxy groups -OCH3 is 1. The highest BCUT2D eigenvalue weighted by Crippen LogP contribution is 2.31. The average Bonchev–Trinajstić information content (AvgIpc) is 2.78. The van der Waals surface area contributed by atoms with Crippen LogP contribution < -0.4 is 14.4 Å². The number of hydrogen-bond acceptors (Lipinski definition) is 5. The molecule has 1 atom stereocenters. The Morgan fingerprint density at radius 2 is 1.76 bits per heavy atom. The fourth-order valence-electron chi connectivity index (χ4n) is 3.59. The number of rotatable bonds is 11. The maximum absolute atomic E-state index is 13.6. The quantitative estimate of drug-likeness (QED) is 0.501. The molecule has 0 aliphatic heterocycles. The molecule has 0 bridgehead atoms. The maximum atomic E-state index is 13.6. The smallest absolute Gasteiger partial charge is 0.244 e. The number of amides is 2. The highest BCUT2D eigenvalue weighted by molar-refractivity contribution is 7.92. The summed E-state index contributed by atoms with van der Waals surface area (Å²) in [7, 11) is -2.41. The van der Waals surface area contributed by atoms with E-state index in [0.29, 0.717) is 23.7 Å². The number of ether oxygens (including phenoxy) is 1. The fourth-order valence-corrected chi connectivity index (χ4v) is 4.56. The summed E-state index contributed by atoms with van der Waals surface area (Å²) in [5.41, 5.74) is 1.83. The van der Waals surface area contributed by atoms with Crippen molar-refractivity contribution in [3.05, 3.63) is 58.6 Å². The van der Waals surface area contributed by atoms with Gasteiger partial charge in [0.2, 0.25) is 21.8 Å². The normalized spacial score (nSPS) is 12.1. The van der Waals surface area contributed by atoms with Crippen LogP contribution in [0.4, 0.5) is 5.69 Å². The highest BCUT2D eigenvalue weighted by atomic mass is 35.5. The van der Waals surface area contributed by atoms with E-state index in [4.69, 9.17) is 16.3 Å². The molecule has 0 aromatic heterocycles. The number of hydrogen-bond donors (Lipinski definition) is 1. The molecular formula is C24H32ClN3O5S. The van der Waals surface area contributed by atoms with Crippen molar-refractivity contribution in [2.75, 3.05) is 30.8 Å². The molecule has 2 rings (SSSR count). The van der Waals surface area contributed by atoms with E-state index in [1.54, 1.807) is 56.3 Å². The minimum Gasteiger partial charge on any atom is -0.495 e. The van der Waals surface area contributed by atoms with Crippen LogP contribution in [-0.2, 0) is 26.2 Å². The molecule has 0 saturated carbocycles. The first-order valence-corrected chi connectivity index (χ1v) is 13.2. The number of carbonyl (C=O) groups is 2. The third-order valence-electron chi connectivity index (χ3n) is 5.29. The average molecular weight is 510 g/mol. The van der Waals surface area contributed by atoms with Crippen LogP contribution in [0.5, 0.6) is 5.75 Å². The number of likely N-dealkylation sites (N-methyl/N-ethyl adjacent to an activating group) is 1. The zero-order chi connectivity index (χ0) is 25.5. The largest absolute Gasteiger partial charge is 0.495 e. The zero-order valence-corrected chi connectivity index (χ0v) is 21.7. The second-order valence-electron chi connectivity index (χ2n) is 7.91. The first-order valence-electron chi connectivity index (χ1n) is 11.0. The maximum Gasteiger partial charge on any atom is 0.244 e. The van der Waals surface area contributed by atoms with Crippen molar-refractivity contribution in [1.82, 2.24) is 10.2 Å². The molecule has 0 aliphatic rings. The van der Waals surface area contributed by atoms with Crippen LogP contribution in [0.2, 0.25) is 5.02 Å². The van der Waals surface area contributed by atoms with Gasteiger partial charge in [0, 0.05) is 18.1 Å². The van der Waals surface area contributed by atoms with Gasteiger partial charge in [-0.3, -0.25) is 13.9 Å². The lowest BCUT2D eigenvalue weighted by molar-refractivity contribution is -0.140. The standard InChI is InChI=1S/C24H32ClN3O5S/c1-6-20(24(30)26-7-2)27(15-18-9-11-19(25)12-10-18)23(29)16-28(34(5,31)32)21-14-17(3)8-13-22(21)33-4/h8-14,20H,6-7,15-16H2,1-5H3,(H,26,30)/t20-/m1/s1. The molecule has 0 radical (unpaired) electrons. The zero-order valence-electron chi connectivity index (χ0n) is 20.2. The SMILES string of the molecule is CCNC(=O)[C@@H](CC)N(Cc1ccc(Cl)cc1)C(=O)CN(c1cc(C)ccc1OC)S(C)(=O)=O. The molecule has 0 heterocycles. The van der Waals surface area contributed by atoms with Gasteiger partial charge >= 0.3 is 0 Å². The van der Waals surface area contributed by atoms with E-state index in [0.717, 1.165) is 21.7 Å². The Labute approximate surface area is 206 Å². The molecule has 0 unspecified atom stereocenters. The van der Waals surface area contributed by atoms with Gasteiger partial charge in [-0.15, -0.1) is 0 Å². The lowest BCUT2D eigenvalue weighted by Gasteiger charge is -2.33. The summed E-state index contributed by atoms with van der Waals surface area (Å²) in [5, 5.41) is 3.31. The van der Waals surface area contributed by atoms with Crippen molar-refractivity contribution < 1.29 is 22.7 Å². The molecule has 10 heteroatoms. The molecule has 0 saturated heterocycles. The van der Waals surface area contributed by atoms with Crippen molar-refractivity contribution >= 4 is 39.1 Å². The van der Waals surface area contributed by atoms with Gasteiger partial charge < -0.3 is 15.0 Å². The van der Waals surface area contributed by atoms with Gasteiger partial charge in [-0.05, 0) is 55.7 Å². The molecule has 2 aromatic carbocycles. The van der Waals surface area contributed by atoms with Crippen molar-refractivity contribution in [1.29, 1.82) is 0 Å². The van der Waals surface area contributed by atoms with E-state index in [9.17, 15) is 18.0 Å². The van der Waals surface area contributed by atoms with E-state index in [1.807, 2.05) is 6.92 Å². The van der Waals surface area contributed by atoms with Gasteiger partial charge in [0.25, 0.3) is 0 Å². The lowest BCUT2D eigenvalue weighted by atomic mass is 10.1. The number of benzene rings is 2. The summed E-state index contributed by atoms with van der Waals surface area (Å²) in [6.45, 7) is 5.47. The van der Waals surface area contributed by atoms with Crippen LogP contribution in [0.1, 0.15) is 31.4 Å². The summed E-state index contributed by atoms with van der Waals surface area (Å²) < 4.78 is 31.9. The molecule has 0 spiro atoms.